The second-order valence-electron chi connectivity index (χ2n) is 10.1. The zero-order chi connectivity index (χ0) is 25.4. The Hall–Kier alpha value is -3.15. The van der Waals surface area contributed by atoms with E-state index in [9.17, 15) is 8.42 Å². The van der Waals surface area contributed by atoms with Crippen LogP contribution in [0.3, 0.4) is 0 Å². The summed E-state index contributed by atoms with van der Waals surface area (Å²) in [6, 6.07) is 8.79. The van der Waals surface area contributed by atoms with Gasteiger partial charge in [0.25, 0.3) is 0 Å². The first-order chi connectivity index (χ1) is 17.1. The summed E-state index contributed by atoms with van der Waals surface area (Å²) in [5, 5.41) is 6.16. The summed E-state index contributed by atoms with van der Waals surface area (Å²) in [7, 11) is -3.44. The molecule has 2 aliphatic heterocycles. The van der Waals surface area contributed by atoms with Crippen LogP contribution in [0.15, 0.2) is 53.9 Å². The SMILES string of the molecule is CC(C)(c1ccc(Nc2cc(Nc3ncccc3S(C)(=O)=O)ncn2)nc1)N1CC2(CCOCC2)C1. The molecule has 190 valence electrons. The minimum atomic E-state index is -3.44. The molecule has 0 atom stereocenters. The normalized spacial score (nSPS) is 18.0. The van der Waals surface area contributed by atoms with Crippen LogP contribution in [0.25, 0.3) is 0 Å². The smallest absolute Gasteiger partial charge is 0.179 e. The Morgan fingerprint density at radius 2 is 1.69 bits per heavy atom. The van der Waals surface area contributed by atoms with E-state index in [0.717, 1.165) is 51.0 Å². The van der Waals surface area contributed by atoms with Crippen LogP contribution in [-0.2, 0) is 20.1 Å². The molecular formula is C25H31N7O3S. The first-order valence-corrected chi connectivity index (χ1v) is 13.8. The van der Waals surface area contributed by atoms with Crippen LogP contribution in [-0.4, -0.2) is 65.8 Å². The van der Waals surface area contributed by atoms with Crippen molar-refractivity contribution in [3.8, 4) is 0 Å². The fourth-order valence-electron chi connectivity index (χ4n) is 4.82. The first kappa shape index (κ1) is 24.5. The minimum absolute atomic E-state index is 0.0999. The van der Waals surface area contributed by atoms with Gasteiger partial charge in [0.05, 0.1) is 0 Å². The number of hydrogen-bond donors (Lipinski definition) is 2. The van der Waals surface area contributed by atoms with Crippen molar-refractivity contribution in [1.29, 1.82) is 0 Å². The summed E-state index contributed by atoms with van der Waals surface area (Å²) in [6.07, 6.45) is 8.25. The van der Waals surface area contributed by atoms with Gasteiger partial charge in [-0.1, -0.05) is 6.07 Å². The number of hydrogen-bond acceptors (Lipinski definition) is 10. The van der Waals surface area contributed by atoms with Crippen molar-refractivity contribution in [2.45, 2.75) is 37.1 Å². The molecule has 0 radical (unpaired) electrons. The van der Waals surface area contributed by atoms with E-state index in [4.69, 9.17) is 4.74 Å². The van der Waals surface area contributed by atoms with Crippen molar-refractivity contribution in [2.24, 2.45) is 5.41 Å². The molecule has 3 aromatic rings. The molecule has 0 aliphatic carbocycles. The molecule has 2 aliphatic rings. The van der Waals surface area contributed by atoms with Gasteiger partial charge >= 0.3 is 0 Å². The Kier molecular flexibility index (Phi) is 6.39. The number of anilines is 4. The monoisotopic (exact) mass is 509 g/mol. The zero-order valence-corrected chi connectivity index (χ0v) is 21.5. The highest BCUT2D eigenvalue weighted by atomic mass is 32.2. The Labute approximate surface area is 211 Å². The van der Waals surface area contributed by atoms with Crippen LogP contribution in [0.2, 0.25) is 0 Å². The maximum absolute atomic E-state index is 12.1. The van der Waals surface area contributed by atoms with E-state index >= 15 is 0 Å². The van der Waals surface area contributed by atoms with Crippen LogP contribution in [0.5, 0.6) is 0 Å². The molecule has 1 spiro atoms. The third-order valence-electron chi connectivity index (χ3n) is 7.21. The predicted molar refractivity (Wildman–Crippen MR) is 137 cm³/mol. The standard InChI is InChI=1S/C25H31N7O3S/c1-24(2,32-15-25(16-32)8-11-35-12-9-25)18-6-7-20(27-14-18)30-21-13-22(29-17-28-21)31-23-19(36(3,33)34)5-4-10-26-23/h4-7,10,13-14,17H,8-9,11-12,15-16H2,1-3H3,(H2,26,27,28,29,30,31). The van der Waals surface area contributed by atoms with Crippen molar-refractivity contribution in [3.63, 3.8) is 0 Å². The average Bonchev–Trinajstić information content (AvgIpc) is 2.83. The first-order valence-electron chi connectivity index (χ1n) is 12.0. The van der Waals surface area contributed by atoms with Gasteiger partial charge in [0.1, 0.15) is 34.5 Å². The molecule has 5 rings (SSSR count). The molecule has 0 saturated carbocycles. The fraction of sp³-hybridized carbons (Fsp3) is 0.440. The summed E-state index contributed by atoms with van der Waals surface area (Å²) in [4.78, 5) is 19.8. The predicted octanol–water partition coefficient (Wildman–Crippen LogP) is 3.50. The van der Waals surface area contributed by atoms with Gasteiger partial charge in [-0.15, -0.1) is 0 Å². The molecule has 36 heavy (non-hydrogen) atoms. The quantitative estimate of drug-likeness (QED) is 0.489. The summed E-state index contributed by atoms with van der Waals surface area (Å²) in [5.41, 5.74) is 1.46. The topological polar surface area (TPSA) is 122 Å². The summed E-state index contributed by atoms with van der Waals surface area (Å²) in [5.74, 6) is 1.79. The Morgan fingerprint density at radius 1 is 0.972 bits per heavy atom. The molecule has 2 saturated heterocycles. The Morgan fingerprint density at radius 3 is 2.36 bits per heavy atom. The highest BCUT2D eigenvalue weighted by Gasteiger charge is 2.49. The molecule has 5 heterocycles. The maximum atomic E-state index is 12.1. The van der Waals surface area contributed by atoms with Crippen LogP contribution < -0.4 is 10.6 Å². The summed E-state index contributed by atoms with van der Waals surface area (Å²) >= 11 is 0. The van der Waals surface area contributed by atoms with Crippen molar-refractivity contribution in [3.05, 3.63) is 54.6 Å². The summed E-state index contributed by atoms with van der Waals surface area (Å²) < 4.78 is 29.7. The molecule has 0 amide bonds. The average molecular weight is 510 g/mol. The van der Waals surface area contributed by atoms with Gasteiger partial charge in [-0.3, -0.25) is 4.90 Å². The number of nitrogens with zero attached hydrogens (tertiary/aromatic N) is 5. The number of likely N-dealkylation sites (tertiary alicyclic amines) is 1. The lowest BCUT2D eigenvalue weighted by Crippen LogP contribution is -2.63. The van der Waals surface area contributed by atoms with Crippen molar-refractivity contribution in [1.82, 2.24) is 24.8 Å². The van der Waals surface area contributed by atoms with Crippen LogP contribution in [0.1, 0.15) is 32.3 Å². The van der Waals surface area contributed by atoms with E-state index in [-0.39, 0.29) is 16.3 Å². The lowest BCUT2D eigenvalue weighted by atomic mass is 9.70. The van der Waals surface area contributed by atoms with Gasteiger partial charge in [-0.25, -0.2) is 28.4 Å². The summed E-state index contributed by atoms with van der Waals surface area (Å²) in [6.45, 7) is 8.42. The molecule has 2 fully saturated rings. The molecule has 2 N–H and O–H groups in total. The van der Waals surface area contributed by atoms with E-state index in [0.29, 0.717) is 22.9 Å². The largest absolute Gasteiger partial charge is 0.381 e. The minimum Gasteiger partial charge on any atom is -0.381 e. The molecule has 10 nitrogen and oxygen atoms in total. The number of pyridine rings is 2. The lowest BCUT2D eigenvalue weighted by Gasteiger charge is -2.58. The van der Waals surface area contributed by atoms with Gasteiger partial charge in [0.15, 0.2) is 9.84 Å². The van der Waals surface area contributed by atoms with Gasteiger partial charge in [-0.2, -0.15) is 0 Å². The third-order valence-corrected chi connectivity index (χ3v) is 8.33. The highest BCUT2D eigenvalue weighted by molar-refractivity contribution is 7.90. The fourth-order valence-corrected chi connectivity index (χ4v) is 5.60. The number of rotatable bonds is 7. The number of aromatic nitrogens is 4. The molecule has 0 aromatic carbocycles. The van der Waals surface area contributed by atoms with Crippen molar-refractivity contribution < 1.29 is 13.2 Å². The van der Waals surface area contributed by atoms with E-state index in [1.807, 2.05) is 12.3 Å². The Bertz CT molecular complexity index is 1330. The van der Waals surface area contributed by atoms with E-state index < -0.39 is 9.84 Å². The lowest BCUT2D eigenvalue weighted by molar-refractivity contribution is -0.119. The third kappa shape index (κ3) is 5.04. The van der Waals surface area contributed by atoms with E-state index in [1.54, 1.807) is 12.1 Å². The number of nitrogens with one attached hydrogen (secondary N) is 2. The van der Waals surface area contributed by atoms with Crippen molar-refractivity contribution in [2.75, 3.05) is 43.2 Å². The molecule has 0 unspecified atom stereocenters. The Balaban J connectivity index is 1.25. The van der Waals surface area contributed by atoms with Crippen LogP contribution in [0, 0.1) is 5.41 Å². The van der Waals surface area contributed by atoms with Gasteiger partial charge in [0.2, 0.25) is 0 Å². The van der Waals surface area contributed by atoms with E-state index in [2.05, 4.69) is 55.4 Å². The maximum Gasteiger partial charge on any atom is 0.179 e. The van der Waals surface area contributed by atoms with Crippen LogP contribution in [0.4, 0.5) is 23.3 Å². The molecule has 11 heteroatoms. The van der Waals surface area contributed by atoms with Crippen LogP contribution >= 0.6 is 0 Å². The molecule has 3 aromatic heterocycles. The number of sulfone groups is 1. The van der Waals surface area contributed by atoms with Gasteiger partial charge < -0.3 is 15.4 Å². The molecular weight excluding hydrogens is 478 g/mol. The van der Waals surface area contributed by atoms with Gasteiger partial charge in [0, 0.05) is 62.0 Å². The second kappa shape index (κ2) is 9.38. The van der Waals surface area contributed by atoms with Crippen molar-refractivity contribution >= 4 is 33.1 Å². The number of ether oxygens (including phenoxy) is 1. The van der Waals surface area contributed by atoms with E-state index in [1.165, 1.54) is 18.6 Å². The molecule has 0 bridgehead atoms. The zero-order valence-electron chi connectivity index (χ0n) is 20.7. The highest BCUT2D eigenvalue weighted by Crippen LogP contribution is 2.45. The second-order valence-corrected chi connectivity index (χ2v) is 12.1. The van der Waals surface area contributed by atoms with Gasteiger partial charge in [-0.05, 0) is 50.5 Å².